The minimum Gasteiger partial charge on any atom is -0.478 e. The van der Waals surface area contributed by atoms with Crippen LogP contribution in [0, 0.1) is 5.92 Å². The lowest BCUT2D eigenvalue weighted by Crippen LogP contribution is -2.00. The van der Waals surface area contributed by atoms with E-state index in [1.165, 1.54) is 6.42 Å². The highest BCUT2D eigenvalue weighted by molar-refractivity contribution is 9.10. The molecule has 1 N–H and O–H groups in total. The molecule has 1 aliphatic rings. The van der Waals surface area contributed by atoms with Crippen molar-refractivity contribution >= 4 is 45.0 Å². The fourth-order valence-electron chi connectivity index (χ4n) is 3.02. The third-order valence-corrected chi connectivity index (χ3v) is 5.06. The van der Waals surface area contributed by atoms with Crippen molar-refractivity contribution in [3.8, 4) is 0 Å². The van der Waals surface area contributed by atoms with E-state index in [-0.39, 0.29) is 5.56 Å². The highest BCUT2D eigenvalue weighted by Gasteiger charge is 2.36. The molecule has 2 heterocycles. The SMILES string of the molecule is CC1CC1c1ccc(/C=C/c2cc(C(=O)O)c3cc(Br)ccc3n2)o1. The van der Waals surface area contributed by atoms with Crippen molar-refractivity contribution in [1.29, 1.82) is 0 Å². The summed E-state index contributed by atoms with van der Waals surface area (Å²) >= 11 is 3.37. The maximum Gasteiger partial charge on any atom is 0.336 e. The Bertz CT molecular complexity index is 1010. The average molecular weight is 398 g/mol. The van der Waals surface area contributed by atoms with Crippen molar-refractivity contribution in [2.24, 2.45) is 5.92 Å². The van der Waals surface area contributed by atoms with Crippen molar-refractivity contribution in [2.75, 3.05) is 0 Å². The van der Waals surface area contributed by atoms with Crippen LogP contribution in [-0.2, 0) is 0 Å². The molecule has 4 rings (SSSR count). The van der Waals surface area contributed by atoms with Crippen molar-refractivity contribution in [3.05, 3.63) is 63.6 Å². The number of fused-ring (bicyclic) bond motifs is 1. The van der Waals surface area contributed by atoms with Gasteiger partial charge in [0.2, 0.25) is 0 Å². The quantitative estimate of drug-likeness (QED) is 0.623. The molecule has 0 amide bonds. The lowest BCUT2D eigenvalue weighted by molar-refractivity contribution is 0.0699. The van der Waals surface area contributed by atoms with E-state index in [1.54, 1.807) is 18.2 Å². The van der Waals surface area contributed by atoms with Gasteiger partial charge in [-0.3, -0.25) is 0 Å². The van der Waals surface area contributed by atoms with Gasteiger partial charge in [-0.05, 0) is 60.9 Å². The number of benzene rings is 1. The molecule has 0 bridgehead atoms. The molecule has 3 aromatic rings. The molecule has 4 nitrogen and oxygen atoms in total. The van der Waals surface area contributed by atoms with Crippen molar-refractivity contribution in [2.45, 2.75) is 19.3 Å². The van der Waals surface area contributed by atoms with E-state index in [0.717, 1.165) is 16.0 Å². The molecule has 25 heavy (non-hydrogen) atoms. The molecule has 2 atom stereocenters. The van der Waals surface area contributed by atoms with Gasteiger partial charge in [-0.1, -0.05) is 22.9 Å². The van der Waals surface area contributed by atoms with Crippen LogP contribution in [0.5, 0.6) is 0 Å². The highest BCUT2D eigenvalue weighted by atomic mass is 79.9. The van der Waals surface area contributed by atoms with Crippen molar-refractivity contribution < 1.29 is 14.3 Å². The first-order valence-electron chi connectivity index (χ1n) is 8.12. The van der Waals surface area contributed by atoms with E-state index in [1.807, 2.05) is 30.3 Å². The Kier molecular flexibility index (Phi) is 3.96. The fourth-order valence-corrected chi connectivity index (χ4v) is 3.39. The number of halogens is 1. The predicted molar refractivity (Wildman–Crippen MR) is 101 cm³/mol. The summed E-state index contributed by atoms with van der Waals surface area (Å²) in [6, 6.07) is 11.0. The Morgan fingerprint density at radius 1 is 1.28 bits per heavy atom. The lowest BCUT2D eigenvalue weighted by atomic mass is 10.1. The number of hydrogen-bond donors (Lipinski definition) is 1. The number of aromatic nitrogens is 1. The summed E-state index contributed by atoms with van der Waals surface area (Å²) in [7, 11) is 0. The fraction of sp³-hybridized carbons (Fsp3) is 0.200. The zero-order chi connectivity index (χ0) is 17.6. The van der Waals surface area contributed by atoms with Crippen LogP contribution in [0.4, 0.5) is 0 Å². The smallest absolute Gasteiger partial charge is 0.336 e. The molecule has 0 saturated heterocycles. The van der Waals surface area contributed by atoms with Crippen LogP contribution in [0.15, 0.2) is 45.3 Å². The van der Waals surface area contributed by atoms with E-state index in [4.69, 9.17) is 4.42 Å². The minimum atomic E-state index is -0.969. The first-order valence-corrected chi connectivity index (χ1v) is 8.92. The molecule has 1 fully saturated rings. The Balaban J connectivity index is 1.68. The predicted octanol–water partition coefficient (Wildman–Crippen LogP) is 5.58. The largest absolute Gasteiger partial charge is 0.478 e. The zero-order valence-electron chi connectivity index (χ0n) is 13.6. The molecular formula is C20H16BrNO3. The summed E-state index contributed by atoms with van der Waals surface area (Å²) in [5.41, 5.74) is 1.47. The van der Waals surface area contributed by atoms with E-state index in [9.17, 15) is 9.90 Å². The summed E-state index contributed by atoms with van der Waals surface area (Å²) in [5, 5.41) is 10.1. The average Bonchev–Trinajstić information content (AvgIpc) is 3.13. The molecule has 1 saturated carbocycles. The van der Waals surface area contributed by atoms with Gasteiger partial charge in [0, 0.05) is 15.8 Å². The first-order chi connectivity index (χ1) is 12.0. The van der Waals surface area contributed by atoms with Crippen LogP contribution in [-0.4, -0.2) is 16.1 Å². The maximum atomic E-state index is 11.6. The topological polar surface area (TPSA) is 63.3 Å². The van der Waals surface area contributed by atoms with Gasteiger partial charge in [0.15, 0.2) is 0 Å². The number of carboxylic acid groups (broad SMARTS) is 1. The number of furan rings is 1. The van der Waals surface area contributed by atoms with Gasteiger partial charge < -0.3 is 9.52 Å². The second kappa shape index (κ2) is 6.15. The molecule has 126 valence electrons. The number of aromatic carboxylic acids is 1. The van der Waals surface area contributed by atoms with Gasteiger partial charge in [-0.2, -0.15) is 0 Å². The van der Waals surface area contributed by atoms with Crippen LogP contribution in [0.25, 0.3) is 23.1 Å². The lowest BCUT2D eigenvalue weighted by Gasteiger charge is -2.05. The zero-order valence-corrected chi connectivity index (χ0v) is 15.2. The molecule has 5 heteroatoms. The number of carboxylic acids is 1. The molecule has 1 aliphatic carbocycles. The van der Waals surface area contributed by atoms with Gasteiger partial charge in [-0.15, -0.1) is 0 Å². The summed E-state index contributed by atoms with van der Waals surface area (Å²) < 4.78 is 6.67. The molecule has 0 radical (unpaired) electrons. The van der Waals surface area contributed by atoms with E-state index >= 15 is 0 Å². The molecular weight excluding hydrogens is 382 g/mol. The van der Waals surface area contributed by atoms with E-state index in [2.05, 4.69) is 27.8 Å². The standard InChI is InChI=1S/C20H16BrNO3/c1-11-8-15(11)19-7-5-14(25-19)4-3-13-10-17(20(23)24)16-9-12(21)2-6-18(16)22-13/h2-7,9-11,15H,8H2,1H3,(H,23,24)/b4-3+. The number of rotatable bonds is 4. The van der Waals surface area contributed by atoms with E-state index < -0.39 is 5.97 Å². The number of nitrogens with zero attached hydrogens (tertiary/aromatic N) is 1. The van der Waals surface area contributed by atoms with Gasteiger partial charge in [-0.25, -0.2) is 9.78 Å². The maximum absolute atomic E-state index is 11.6. The summed E-state index contributed by atoms with van der Waals surface area (Å²) in [6.45, 7) is 2.22. The Labute approximate surface area is 153 Å². The third kappa shape index (κ3) is 3.24. The van der Waals surface area contributed by atoms with Crippen LogP contribution < -0.4 is 0 Å². The minimum absolute atomic E-state index is 0.234. The molecule has 2 aromatic heterocycles. The summed E-state index contributed by atoms with van der Waals surface area (Å²) in [5.74, 6) is 2.04. The van der Waals surface area contributed by atoms with Crippen molar-refractivity contribution in [3.63, 3.8) is 0 Å². The van der Waals surface area contributed by atoms with Gasteiger partial charge in [0.25, 0.3) is 0 Å². The monoisotopic (exact) mass is 397 g/mol. The number of carbonyl (C=O) groups is 1. The second-order valence-corrected chi connectivity index (χ2v) is 7.37. The summed E-state index contributed by atoms with van der Waals surface area (Å²) in [4.78, 5) is 16.1. The highest BCUT2D eigenvalue weighted by Crippen LogP contribution is 2.47. The third-order valence-electron chi connectivity index (χ3n) is 4.56. The number of pyridine rings is 1. The first kappa shape index (κ1) is 16.1. The van der Waals surface area contributed by atoms with Crippen molar-refractivity contribution in [1.82, 2.24) is 4.98 Å². The molecule has 0 aliphatic heterocycles. The van der Waals surface area contributed by atoms with E-state index in [0.29, 0.717) is 28.4 Å². The van der Waals surface area contributed by atoms with Crippen LogP contribution >= 0.6 is 15.9 Å². The van der Waals surface area contributed by atoms with Gasteiger partial charge in [0.1, 0.15) is 11.5 Å². The van der Waals surface area contributed by atoms with Gasteiger partial charge >= 0.3 is 5.97 Å². The molecule has 2 unspecified atom stereocenters. The Morgan fingerprint density at radius 2 is 2.08 bits per heavy atom. The second-order valence-electron chi connectivity index (χ2n) is 6.45. The number of hydrogen-bond acceptors (Lipinski definition) is 3. The Morgan fingerprint density at radius 3 is 2.80 bits per heavy atom. The van der Waals surface area contributed by atoms with Gasteiger partial charge in [0.05, 0.1) is 16.8 Å². The van der Waals surface area contributed by atoms with Crippen LogP contribution in [0.1, 0.15) is 46.8 Å². The van der Waals surface area contributed by atoms with Crippen LogP contribution in [0.2, 0.25) is 0 Å². The Hall–Kier alpha value is -2.40. The summed E-state index contributed by atoms with van der Waals surface area (Å²) in [6.07, 6.45) is 4.79. The normalized spacial score (nSPS) is 19.6. The molecule has 0 spiro atoms. The molecule has 1 aromatic carbocycles. The van der Waals surface area contributed by atoms with Crippen LogP contribution in [0.3, 0.4) is 0 Å².